The van der Waals surface area contributed by atoms with Crippen molar-refractivity contribution >= 4 is 28.9 Å². The zero-order valence-corrected chi connectivity index (χ0v) is 17.6. The van der Waals surface area contributed by atoms with E-state index in [0.717, 1.165) is 17.9 Å². The van der Waals surface area contributed by atoms with E-state index in [-0.39, 0.29) is 24.3 Å². The lowest BCUT2D eigenvalue weighted by Crippen LogP contribution is -2.21. The lowest BCUT2D eigenvalue weighted by Gasteiger charge is -2.12. The summed E-state index contributed by atoms with van der Waals surface area (Å²) >= 11 is 0. The molecule has 6 heteroatoms. The van der Waals surface area contributed by atoms with Crippen molar-refractivity contribution in [2.24, 2.45) is 11.8 Å². The number of benzene rings is 2. The molecule has 0 fully saturated rings. The van der Waals surface area contributed by atoms with Crippen LogP contribution < -0.4 is 20.7 Å². The number of hydrogen-bond acceptors (Lipinski definition) is 4. The second kappa shape index (κ2) is 11.1. The molecule has 0 saturated heterocycles. The van der Waals surface area contributed by atoms with E-state index in [2.05, 4.69) is 29.8 Å². The van der Waals surface area contributed by atoms with Gasteiger partial charge < -0.3 is 20.7 Å². The summed E-state index contributed by atoms with van der Waals surface area (Å²) in [6.07, 6.45) is 1.00. The Labute approximate surface area is 173 Å². The van der Waals surface area contributed by atoms with Crippen LogP contribution in [0.5, 0.6) is 5.75 Å². The molecule has 156 valence electrons. The van der Waals surface area contributed by atoms with Crippen LogP contribution in [0.15, 0.2) is 48.5 Å². The minimum Gasteiger partial charge on any atom is -0.494 e. The number of carbonyl (C=O) groups is 2. The van der Waals surface area contributed by atoms with Crippen molar-refractivity contribution in [3.05, 3.63) is 48.5 Å². The number of hydrogen-bond donors (Lipinski definition) is 3. The molecule has 0 atom stereocenters. The van der Waals surface area contributed by atoms with Gasteiger partial charge in [0.15, 0.2) is 0 Å². The van der Waals surface area contributed by atoms with Crippen molar-refractivity contribution in [1.82, 2.24) is 0 Å². The molecule has 6 nitrogen and oxygen atoms in total. The Morgan fingerprint density at radius 1 is 0.897 bits per heavy atom. The van der Waals surface area contributed by atoms with Gasteiger partial charge in [0.2, 0.25) is 11.8 Å². The Bertz CT molecular complexity index is 801. The number of carbonyl (C=O) groups excluding carboxylic acids is 2. The Hall–Kier alpha value is -3.02. The van der Waals surface area contributed by atoms with E-state index in [1.807, 2.05) is 38.1 Å². The minimum atomic E-state index is -0.157. The molecule has 2 amide bonds. The number of ether oxygens (including phenoxy) is 1. The fraction of sp³-hybridized carbons (Fsp3) is 0.391. The normalized spacial score (nSPS) is 10.7. The second-order valence-corrected chi connectivity index (χ2v) is 7.68. The summed E-state index contributed by atoms with van der Waals surface area (Å²) in [4.78, 5) is 23.9. The van der Waals surface area contributed by atoms with Gasteiger partial charge in [-0.25, -0.2) is 0 Å². The molecule has 0 saturated carbocycles. The SMILES string of the molecule is CC(C)CCOc1cccc(NCC(=O)Nc2ccc(NC(=O)C(C)C)cc2)c1. The van der Waals surface area contributed by atoms with Gasteiger partial charge in [0.25, 0.3) is 0 Å². The maximum atomic E-state index is 12.2. The van der Waals surface area contributed by atoms with Gasteiger partial charge in [0, 0.05) is 29.0 Å². The summed E-state index contributed by atoms with van der Waals surface area (Å²) in [6.45, 7) is 8.82. The van der Waals surface area contributed by atoms with Crippen molar-refractivity contribution in [2.45, 2.75) is 34.1 Å². The molecule has 0 heterocycles. The summed E-state index contributed by atoms with van der Waals surface area (Å²) in [6, 6.07) is 14.6. The summed E-state index contributed by atoms with van der Waals surface area (Å²) < 4.78 is 5.74. The smallest absolute Gasteiger partial charge is 0.243 e. The highest BCUT2D eigenvalue weighted by Gasteiger charge is 2.08. The van der Waals surface area contributed by atoms with Gasteiger partial charge in [-0.1, -0.05) is 33.8 Å². The first-order chi connectivity index (χ1) is 13.8. The first-order valence-electron chi connectivity index (χ1n) is 10.0. The van der Waals surface area contributed by atoms with Crippen molar-refractivity contribution < 1.29 is 14.3 Å². The number of nitrogens with one attached hydrogen (secondary N) is 3. The van der Waals surface area contributed by atoms with Gasteiger partial charge in [0.1, 0.15) is 5.75 Å². The summed E-state index contributed by atoms with van der Waals surface area (Å²) in [7, 11) is 0. The third-order valence-corrected chi connectivity index (χ3v) is 4.21. The third kappa shape index (κ3) is 8.25. The number of anilines is 3. The lowest BCUT2D eigenvalue weighted by atomic mass is 10.1. The highest BCUT2D eigenvalue weighted by atomic mass is 16.5. The molecule has 29 heavy (non-hydrogen) atoms. The van der Waals surface area contributed by atoms with Crippen LogP contribution in [-0.2, 0) is 9.59 Å². The van der Waals surface area contributed by atoms with E-state index >= 15 is 0 Å². The maximum absolute atomic E-state index is 12.2. The molecule has 0 aliphatic heterocycles. The predicted octanol–water partition coefficient (Wildman–Crippen LogP) is 4.76. The molecule has 3 N–H and O–H groups in total. The number of amides is 2. The van der Waals surface area contributed by atoms with Crippen LogP contribution in [-0.4, -0.2) is 25.0 Å². The fourth-order valence-electron chi connectivity index (χ4n) is 2.42. The molecule has 0 aliphatic carbocycles. The van der Waals surface area contributed by atoms with E-state index in [4.69, 9.17) is 4.74 Å². The fourth-order valence-corrected chi connectivity index (χ4v) is 2.42. The van der Waals surface area contributed by atoms with Crippen molar-refractivity contribution in [1.29, 1.82) is 0 Å². The van der Waals surface area contributed by atoms with Crippen LogP contribution in [0, 0.1) is 11.8 Å². The number of rotatable bonds is 10. The average molecular weight is 398 g/mol. The average Bonchev–Trinajstić information content (AvgIpc) is 2.68. The predicted molar refractivity (Wildman–Crippen MR) is 118 cm³/mol. The van der Waals surface area contributed by atoms with Crippen LogP contribution in [0.1, 0.15) is 34.1 Å². The van der Waals surface area contributed by atoms with Crippen LogP contribution in [0.4, 0.5) is 17.1 Å². The zero-order valence-electron chi connectivity index (χ0n) is 17.6. The second-order valence-electron chi connectivity index (χ2n) is 7.68. The topological polar surface area (TPSA) is 79.5 Å². The van der Waals surface area contributed by atoms with Gasteiger partial charge in [-0.05, 0) is 48.7 Å². The van der Waals surface area contributed by atoms with Crippen LogP contribution in [0.2, 0.25) is 0 Å². The minimum absolute atomic E-state index is 0.0404. The lowest BCUT2D eigenvalue weighted by molar-refractivity contribution is -0.119. The van der Waals surface area contributed by atoms with Gasteiger partial charge in [-0.3, -0.25) is 9.59 Å². The molecule has 2 aromatic rings. The quantitative estimate of drug-likeness (QED) is 0.540. The van der Waals surface area contributed by atoms with E-state index in [1.54, 1.807) is 24.3 Å². The van der Waals surface area contributed by atoms with E-state index in [1.165, 1.54) is 0 Å². The molecule has 0 aromatic heterocycles. The molecule has 0 aliphatic rings. The Balaban J connectivity index is 1.80. The van der Waals surface area contributed by atoms with Crippen molar-refractivity contribution in [3.63, 3.8) is 0 Å². The summed E-state index contributed by atoms with van der Waals surface area (Å²) in [5.41, 5.74) is 2.20. The molecule has 0 radical (unpaired) electrons. The standard InChI is InChI=1S/C23H31N3O3/c1-16(2)12-13-29-21-7-5-6-20(14-21)24-15-22(27)25-18-8-10-19(11-9-18)26-23(28)17(3)4/h5-11,14,16-17,24H,12-13,15H2,1-4H3,(H,25,27)(H,26,28). The first-order valence-corrected chi connectivity index (χ1v) is 10.0. The molecular weight excluding hydrogens is 366 g/mol. The highest BCUT2D eigenvalue weighted by Crippen LogP contribution is 2.18. The Morgan fingerprint density at radius 3 is 2.17 bits per heavy atom. The monoisotopic (exact) mass is 397 g/mol. The molecule has 0 spiro atoms. The molecule has 0 bridgehead atoms. The zero-order chi connectivity index (χ0) is 21.2. The van der Waals surface area contributed by atoms with Gasteiger partial charge in [0.05, 0.1) is 13.2 Å². The van der Waals surface area contributed by atoms with Crippen LogP contribution in [0.3, 0.4) is 0 Å². The molecular formula is C23H31N3O3. The van der Waals surface area contributed by atoms with Gasteiger partial charge in [-0.2, -0.15) is 0 Å². The Morgan fingerprint density at radius 2 is 1.55 bits per heavy atom. The highest BCUT2D eigenvalue weighted by molar-refractivity contribution is 5.95. The largest absolute Gasteiger partial charge is 0.494 e. The van der Waals surface area contributed by atoms with Crippen molar-refractivity contribution in [2.75, 3.05) is 29.1 Å². The summed E-state index contributed by atoms with van der Waals surface area (Å²) in [5.74, 6) is 1.10. The molecule has 2 rings (SSSR count). The van der Waals surface area contributed by atoms with E-state index in [9.17, 15) is 9.59 Å². The van der Waals surface area contributed by atoms with Crippen LogP contribution >= 0.6 is 0 Å². The van der Waals surface area contributed by atoms with Gasteiger partial charge >= 0.3 is 0 Å². The third-order valence-electron chi connectivity index (χ3n) is 4.21. The van der Waals surface area contributed by atoms with Gasteiger partial charge in [-0.15, -0.1) is 0 Å². The van der Waals surface area contributed by atoms with Crippen LogP contribution in [0.25, 0.3) is 0 Å². The maximum Gasteiger partial charge on any atom is 0.243 e. The Kier molecular flexibility index (Phi) is 8.52. The summed E-state index contributed by atoms with van der Waals surface area (Å²) in [5, 5.41) is 8.76. The molecule has 0 unspecified atom stereocenters. The van der Waals surface area contributed by atoms with Crippen molar-refractivity contribution in [3.8, 4) is 5.75 Å². The molecule has 2 aromatic carbocycles. The first kappa shape index (κ1) is 22.3. The van der Waals surface area contributed by atoms with E-state index in [0.29, 0.717) is 23.9 Å². The van der Waals surface area contributed by atoms with E-state index < -0.39 is 0 Å².